The monoisotopic (exact) mass is 868 g/mol. The number of rotatable bonds is 19. The normalized spacial score (nSPS) is 10.6. The molecule has 0 atom stereocenters. The molecular formula is C4H16O17Si19. The van der Waals surface area contributed by atoms with Gasteiger partial charge in [-0.15, -0.1) is 0 Å². The molecule has 0 saturated heterocycles. The lowest BCUT2D eigenvalue weighted by atomic mass is 11.9. The van der Waals surface area contributed by atoms with Crippen LogP contribution >= 0.6 is 0 Å². The molecule has 36 heteroatoms. The van der Waals surface area contributed by atoms with Crippen molar-refractivity contribution < 1.29 is 75.5 Å². The van der Waals surface area contributed by atoms with Crippen molar-refractivity contribution in [3.05, 3.63) is 0 Å². The van der Waals surface area contributed by atoms with Gasteiger partial charge in [-0.3, -0.25) is 0 Å². The van der Waals surface area contributed by atoms with Crippen LogP contribution in [-0.2, 0) is 75.5 Å². The first kappa shape index (κ1) is 40.9. The molecular weight excluding hydrogens is 854 g/mol. The Morgan fingerprint density at radius 1 is 0.375 bits per heavy atom. The molecule has 0 aliphatic carbocycles. The van der Waals surface area contributed by atoms with Gasteiger partial charge in [0.1, 0.15) is 0 Å². The van der Waals surface area contributed by atoms with E-state index in [0.29, 0.717) is 0 Å². The molecule has 0 fully saturated rings. The topological polar surface area (TPSA) is 282 Å². The van der Waals surface area contributed by atoms with Gasteiger partial charge in [-0.05, 0) is 13.1 Å². The van der Waals surface area contributed by atoms with Gasteiger partial charge in [-0.25, -0.2) is 0 Å². The van der Waals surface area contributed by atoms with Gasteiger partial charge in [-0.2, -0.15) is 0 Å². The number of hydrogen-bond acceptors (Lipinski definition) is 17. The fourth-order valence-electron chi connectivity index (χ4n) is 2.05. The lowest BCUT2D eigenvalue weighted by Gasteiger charge is -2.01. The maximum atomic E-state index is 12.4. The second-order valence-electron chi connectivity index (χ2n) is 7.91. The first-order valence-electron chi connectivity index (χ1n) is 10.5. The first-order chi connectivity index (χ1) is 18.2. The smallest absolute Gasteiger partial charge is 0.381 e. The molecule has 40 heavy (non-hydrogen) atoms. The fraction of sp³-hybridized carbons (Fsp3) is 1.00. The molecule has 0 aliphatic heterocycles. The molecule has 0 N–H and O–H groups in total. The molecule has 0 aliphatic rings. The Labute approximate surface area is 249 Å². The third-order valence-electron chi connectivity index (χ3n) is 4.23. The molecule has 0 amide bonds. The van der Waals surface area contributed by atoms with Crippen LogP contribution in [0.1, 0.15) is 0 Å². The van der Waals surface area contributed by atoms with E-state index in [1.165, 1.54) is 13.1 Å². The van der Waals surface area contributed by atoms with Crippen LogP contribution in [0.5, 0.6) is 0 Å². The van der Waals surface area contributed by atoms with Crippen molar-refractivity contribution in [3.8, 4) is 0 Å². The highest BCUT2D eigenvalue weighted by Gasteiger charge is 2.55. The summed E-state index contributed by atoms with van der Waals surface area (Å²) in [6.07, 6.45) is 0. The Kier molecular flexibility index (Phi) is 19.0. The van der Waals surface area contributed by atoms with Crippen LogP contribution in [0, 0.1) is 0 Å². The average Bonchev–Trinajstić information content (AvgIpc) is 2.93. The summed E-state index contributed by atoms with van der Waals surface area (Å²) in [5, 5.41) is 0. The van der Waals surface area contributed by atoms with Gasteiger partial charge in [0.2, 0.25) is 9.28 Å². The SMILES string of the molecule is C[SiH](C)O[SiH2][Si](=O)[Si](=O)[Si](=O)[Si](=O)[Si](=O)[Si](=O)[Si](=O)[Si](=O)[Si](=O)[Si](=O)[Si](=O)[Si](=O)[Si](=O)[Si](=O)[Si](=O)[Si](=O)[SiH](C)C. The van der Waals surface area contributed by atoms with Crippen LogP contribution in [0.25, 0.3) is 0 Å². The third-order valence-corrected chi connectivity index (χ3v) is 144. The Balaban J connectivity index is 5.57. The van der Waals surface area contributed by atoms with E-state index in [4.69, 9.17) is 4.12 Å². The van der Waals surface area contributed by atoms with Crippen molar-refractivity contribution in [2.24, 2.45) is 0 Å². The van der Waals surface area contributed by atoms with Crippen LogP contribution in [0.2, 0.25) is 26.2 Å². The molecule has 210 valence electrons. The summed E-state index contributed by atoms with van der Waals surface area (Å²) >= 11 is 0. The molecule has 0 aromatic heterocycles. The van der Waals surface area contributed by atoms with Gasteiger partial charge in [0.05, 0.1) is 8.31 Å². The lowest BCUT2D eigenvalue weighted by molar-refractivity contribution is 0.532. The molecule has 0 unspecified atom stereocenters. The Morgan fingerprint density at radius 2 is 0.600 bits per heavy atom. The zero-order valence-corrected chi connectivity index (χ0v) is 40.5. The van der Waals surface area contributed by atoms with Crippen molar-refractivity contribution in [2.75, 3.05) is 0 Å². The van der Waals surface area contributed by atoms with Crippen molar-refractivity contribution in [1.29, 1.82) is 0 Å². The van der Waals surface area contributed by atoms with Crippen LogP contribution < -0.4 is 0 Å². The molecule has 0 heterocycles. The van der Waals surface area contributed by atoms with E-state index in [1.54, 1.807) is 13.1 Å². The fourth-order valence-corrected chi connectivity index (χ4v) is 205. The maximum absolute atomic E-state index is 12.4. The largest absolute Gasteiger partial charge is 0.460 e. The van der Waals surface area contributed by atoms with Gasteiger partial charge >= 0.3 is 123 Å². The van der Waals surface area contributed by atoms with Gasteiger partial charge in [0.25, 0.3) is 0 Å². The zero-order chi connectivity index (χ0) is 31.8. The highest BCUT2D eigenvalue weighted by molar-refractivity contribution is 7.81. The van der Waals surface area contributed by atoms with Crippen molar-refractivity contribution in [2.45, 2.75) is 26.2 Å². The predicted molar refractivity (Wildman–Crippen MR) is 150 cm³/mol. The van der Waals surface area contributed by atoms with Gasteiger partial charge in [-0.1, -0.05) is 13.1 Å². The molecule has 0 radical (unpaired) electrons. The summed E-state index contributed by atoms with van der Waals surface area (Å²) in [4.78, 5) is 0. The minimum atomic E-state index is -4.23. The summed E-state index contributed by atoms with van der Waals surface area (Å²) in [5.41, 5.74) is 0. The Bertz CT molecular complexity index is 1380. The summed E-state index contributed by atoms with van der Waals surface area (Å²) in [5.74, 6) is 0. The van der Waals surface area contributed by atoms with Gasteiger partial charge in [0, 0.05) is 0 Å². The standard InChI is InChI=1S/C4H16O17Si19/c1-23(2)21-22-25(5)27(7)29(9)31(11)33(13)35(15)37(17)39(19)40(20)38(18)36(16)34(14)32(12)30(10)28(8)26(6)24(3)4/h23-24H,22H2,1-4H3. The highest BCUT2D eigenvalue weighted by Crippen LogP contribution is 1.89. The quantitative estimate of drug-likeness (QED) is 0.109. The van der Waals surface area contributed by atoms with E-state index < -0.39 is 150 Å². The molecule has 0 saturated carbocycles. The second-order valence-corrected chi connectivity index (χ2v) is 98.7. The maximum Gasteiger partial charge on any atom is 0.381 e. The molecule has 0 aromatic carbocycles. The predicted octanol–water partition coefficient (Wildman–Crippen LogP) is -7.94. The van der Waals surface area contributed by atoms with Crippen LogP contribution in [0.4, 0.5) is 0 Å². The lowest BCUT2D eigenvalue weighted by Crippen LogP contribution is -2.56. The van der Waals surface area contributed by atoms with Gasteiger partial charge in [0.15, 0.2) is 9.04 Å². The van der Waals surface area contributed by atoms with Crippen molar-refractivity contribution in [1.82, 2.24) is 0 Å². The second kappa shape index (κ2) is 18.6. The summed E-state index contributed by atoms with van der Waals surface area (Å²) < 4.78 is 202. The highest BCUT2D eigenvalue weighted by atomic mass is 30.1. The summed E-state index contributed by atoms with van der Waals surface area (Å²) in [7, 11) is -67.2. The number of hydrogen-bond donors (Lipinski definition) is 0. The van der Waals surface area contributed by atoms with E-state index in [-0.39, 0.29) is 0 Å². The zero-order valence-electron chi connectivity index (χ0n) is 20.8. The van der Waals surface area contributed by atoms with Crippen LogP contribution in [-0.4, -0.2) is 150 Å². The minimum absolute atomic E-state index is 1.51. The molecule has 0 aromatic rings. The molecule has 0 spiro atoms. The molecule has 0 bridgehead atoms. The van der Waals surface area contributed by atoms with Crippen molar-refractivity contribution in [3.63, 3.8) is 0 Å². The van der Waals surface area contributed by atoms with E-state index in [1.807, 2.05) is 0 Å². The third kappa shape index (κ3) is 11.4. The molecule has 17 nitrogen and oxygen atoms in total. The van der Waals surface area contributed by atoms with Gasteiger partial charge < -0.3 is 75.5 Å². The summed E-state index contributed by atoms with van der Waals surface area (Å²) in [6.45, 7) is 6.46. The molecule has 0 rings (SSSR count). The van der Waals surface area contributed by atoms with E-state index in [0.717, 1.165) is 0 Å². The Morgan fingerprint density at radius 3 is 0.825 bits per heavy atom. The van der Waals surface area contributed by atoms with Crippen LogP contribution in [0.3, 0.4) is 0 Å². The van der Waals surface area contributed by atoms with E-state index >= 15 is 0 Å². The van der Waals surface area contributed by atoms with E-state index in [2.05, 4.69) is 0 Å². The average molecular weight is 870 g/mol. The Hall–Kier alpha value is 0.881. The van der Waals surface area contributed by atoms with E-state index in [9.17, 15) is 71.4 Å². The minimum Gasteiger partial charge on any atom is -0.460 e. The first-order valence-corrected chi connectivity index (χ1v) is 57.8. The van der Waals surface area contributed by atoms with Crippen molar-refractivity contribution >= 4 is 150 Å². The summed E-state index contributed by atoms with van der Waals surface area (Å²) in [6, 6.07) is 0. The van der Waals surface area contributed by atoms with Crippen LogP contribution in [0.15, 0.2) is 0 Å².